The van der Waals surface area contributed by atoms with Gasteiger partial charge in [0.1, 0.15) is 11.9 Å². The maximum Gasteiger partial charge on any atom is 0.146 e. The molecule has 0 spiro atoms. The van der Waals surface area contributed by atoms with Crippen LogP contribution in [0.4, 0.5) is 5.82 Å². The van der Waals surface area contributed by atoms with Crippen molar-refractivity contribution in [3.05, 3.63) is 58.3 Å². The van der Waals surface area contributed by atoms with E-state index in [2.05, 4.69) is 23.1 Å². The number of aromatic nitrogens is 1. The van der Waals surface area contributed by atoms with E-state index in [0.29, 0.717) is 11.5 Å². The van der Waals surface area contributed by atoms with Crippen LogP contribution < -0.4 is 4.90 Å². The Labute approximate surface area is 152 Å². The van der Waals surface area contributed by atoms with Gasteiger partial charge >= 0.3 is 0 Å². The molecular weight excluding hydrogens is 330 g/mol. The number of hydrogen-bond acceptors (Lipinski definition) is 5. The molecule has 0 saturated carbocycles. The summed E-state index contributed by atoms with van der Waals surface area (Å²) in [4.78, 5) is 7.10. The second-order valence-corrected chi connectivity index (χ2v) is 7.72. The summed E-state index contributed by atoms with van der Waals surface area (Å²) in [5.74, 6) is 3.35. The fraction of sp³-hybridized carbons (Fsp3) is 0.400. The summed E-state index contributed by atoms with van der Waals surface area (Å²) in [7, 11) is 0. The molecule has 0 radical (unpaired) electrons. The Hall–Kier alpha value is -2.03. The first-order valence-corrected chi connectivity index (χ1v) is 9.89. The molecule has 25 heavy (non-hydrogen) atoms. The number of aliphatic hydroxyl groups is 1. The Morgan fingerprint density at radius 2 is 1.96 bits per heavy atom. The molecule has 3 heterocycles. The van der Waals surface area contributed by atoms with Gasteiger partial charge in [-0.15, -0.1) is 0 Å². The Bertz CT molecular complexity index is 805. The van der Waals surface area contributed by atoms with E-state index in [-0.39, 0.29) is 6.61 Å². The van der Waals surface area contributed by atoms with E-state index >= 15 is 0 Å². The van der Waals surface area contributed by atoms with Gasteiger partial charge in [-0.05, 0) is 41.5 Å². The highest BCUT2D eigenvalue weighted by Crippen LogP contribution is 2.35. The van der Waals surface area contributed by atoms with Crippen molar-refractivity contribution in [1.29, 1.82) is 5.26 Å². The zero-order valence-electron chi connectivity index (χ0n) is 14.1. The van der Waals surface area contributed by atoms with Gasteiger partial charge < -0.3 is 10.0 Å². The summed E-state index contributed by atoms with van der Waals surface area (Å²) in [6.07, 6.45) is 2.13. The minimum absolute atomic E-state index is 0.0952. The first kappa shape index (κ1) is 16.4. The molecule has 1 aromatic carbocycles. The lowest BCUT2D eigenvalue weighted by atomic mass is 9.89. The van der Waals surface area contributed by atoms with Crippen molar-refractivity contribution >= 4 is 17.6 Å². The number of thioether (sulfide) groups is 1. The maximum atomic E-state index is 9.52. The van der Waals surface area contributed by atoms with Gasteiger partial charge in [-0.1, -0.05) is 24.3 Å². The zero-order valence-corrected chi connectivity index (χ0v) is 14.9. The van der Waals surface area contributed by atoms with E-state index in [9.17, 15) is 10.4 Å². The monoisotopic (exact) mass is 351 g/mol. The lowest BCUT2D eigenvalue weighted by Crippen LogP contribution is -2.34. The number of benzene rings is 1. The fourth-order valence-corrected chi connectivity index (χ4v) is 4.75. The maximum absolute atomic E-state index is 9.52. The van der Waals surface area contributed by atoms with Gasteiger partial charge in [0.15, 0.2) is 0 Å². The van der Waals surface area contributed by atoms with Crippen LogP contribution in [-0.4, -0.2) is 23.2 Å². The molecule has 1 N–H and O–H groups in total. The van der Waals surface area contributed by atoms with E-state index in [4.69, 9.17) is 4.98 Å². The van der Waals surface area contributed by atoms with E-state index in [1.807, 2.05) is 30.0 Å². The Kier molecular flexibility index (Phi) is 4.65. The van der Waals surface area contributed by atoms with Crippen molar-refractivity contribution in [2.75, 3.05) is 18.0 Å². The standard InChI is InChI=1S/C20H21N3OS/c21-10-17-9-18-12-25-13-19(18)22-20(17)23-7-5-16(6-8-23)15-3-1-14(11-24)2-4-15/h1-4,9,16,24H,5-8,11-13H2. The van der Waals surface area contributed by atoms with Crippen LogP contribution in [0.3, 0.4) is 0 Å². The van der Waals surface area contributed by atoms with Crippen LogP contribution in [0.15, 0.2) is 30.3 Å². The van der Waals surface area contributed by atoms with Crippen LogP contribution in [-0.2, 0) is 18.1 Å². The molecule has 0 bridgehead atoms. The van der Waals surface area contributed by atoms with Crippen molar-refractivity contribution < 1.29 is 5.11 Å². The molecule has 2 aliphatic heterocycles. The molecule has 0 unspecified atom stereocenters. The summed E-state index contributed by atoms with van der Waals surface area (Å²) in [5.41, 5.74) is 5.40. The topological polar surface area (TPSA) is 60.2 Å². The Morgan fingerprint density at radius 3 is 2.64 bits per heavy atom. The van der Waals surface area contributed by atoms with Crippen LogP contribution in [0.1, 0.15) is 46.7 Å². The largest absolute Gasteiger partial charge is 0.392 e. The van der Waals surface area contributed by atoms with E-state index in [0.717, 1.165) is 54.5 Å². The Balaban J connectivity index is 1.49. The normalized spacial score (nSPS) is 17.4. The highest BCUT2D eigenvalue weighted by molar-refractivity contribution is 7.98. The van der Waals surface area contributed by atoms with Gasteiger partial charge in [0.05, 0.1) is 17.9 Å². The molecule has 4 rings (SSSR count). The van der Waals surface area contributed by atoms with Gasteiger partial charge in [-0.25, -0.2) is 4.98 Å². The summed E-state index contributed by atoms with van der Waals surface area (Å²) in [5, 5.41) is 18.7. The molecule has 5 heteroatoms. The summed E-state index contributed by atoms with van der Waals surface area (Å²) in [6.45, 7) is 1.96. The van der Waals surface area contributed by atoms with Gasteiger partial charge in [-0.2, -0.15) is 17.0 Å². The highest BCUT2D eigenvalue weighted by Gasteiger charge is 2.25. The van der Waals surface area contributed by atoms with Gasteiger partial charge in [0.25, 0.3) is 0 Å². The highest BCUT2D eigenvalue weighted by atomic mass is 32.2. The van der Waals surface area contributed by atoms with Gasteiger partial charge in [0, 0.05) is 24.6 Å². The number of hydrogen-bond donors (Lipinski definition) is 1. The van der Waals surface area contributed by atoms with Crippen molar-refractivity contribution in [3.63, 3.8) is 0 Å². The second kappa shape index (κ2) is 7.07. The van der Waals surface area contributed by atoms with Gasteiger partial charge in [-0.3, -0.25) is 0 Å². The number of nitriles is 1. The number of aliphatic hydroxyl groups excluding tert-OH is 1. The third-order valence-corrected chi connectivity index (χ3v) is 6.21. The molecule has 2 aromatic rings. The molecule has 1 fully saturated rings. The third-order valence-electron chi connectivity index (χ3n) is 5.22. The summed E-state index contributed by atoms with van der Waals surface area (Å²) in [6, 6.07) is 12.7. The van der Waals surface area contributed by atoms with Gasteiger partial charge in [0.2, 0.25) is 0 Å². The van der Waals surface area contributed by atoms with Crippen molar-refractivity contribution in [3.8, 4) is 6.07 Å². The third kappa shape index (κ3) is 3.24. The first-order valence-electron chi connectivity index (χ1n) is 8.74. The van der Waals surface area contributed by atoms with E-state index < -0.39 is 0 Å². The average molecular weight is 351 g/mol. The van der Waals surface area contributed by atoms with Crippen LogP contribution in [0.25, 0.3) is 0 Å². The predicted molar refractivity (Wildman–Crippen MR) is 101 cm³/mol. The average Bonchev–Trinajstić information content (AvgIpc) is 3.14. The van der Waals surface area contributed by atoms with Crippen LogP contribution in [0, 0.1) is 11.3 Å². The van der Waals surface area contributed by atoms with Crippen molar-refractivity contribution in [2.24, 2.45) is 0 Å². The number of fused-ring (bicyclic) bond motifs is 1. The second-order valence-electron chi connectivity index (χ2n) is 6.73. The zero-order chi connectivity index (χ0) is 17.2. The first-order chi connectivity index (χ1) is 12.3. The number of piperidine rings is 1. The van der Waals surface area contributed by atoms with Crippen molar-refractivity contribution in [1.82, 2.24) is 4.98 Å². The SMILES string of the molecule is N#Cc1cc2c(nc1N1CCC(c3ccc(CO)cc3)CC1)CSC2. The lowest BCUT2D eigenvalue weighted by Gasteiger charge is -2.33. The molecule has 0 atom stereocenters. The molecule has 4 nitrogen and oxygen atoms in total. The molecular formula is C20H21N3OS. The van der Waals surface area contributed by atoms with Crippen LogP contribution >= 0.6 is 11.8 Å². The molecule has 0 amide bonds. The summed E-state index contributed by atoms with van der Waals surface area (Å²) < 4.78 is 0. The number of nitrogens with zero attached hydrogens (tertiary/aromatic N) is 3. The smallest absolute Gasteiger partial charge is 0.146 e. The predicted octanol–water partition coefficient (Wildman–Crippen LogP) is 3.58. The van der Waals surface area contributed by atoms with E-state index in [1.165, 1.54) is 11.1 Å². The quantitative estimate of drug-likeness (QED) is 0.916. The molecule has 1 saturated heterocycles. The minimum Gasteiger partial charge on any atom is -0.392 e. The molecule has 2 aliphatic rings. The summed E-state index contributed by atoms with van der Waals surface area (Å²) >= 11 is 1.87. The van der Waals surface area contributed by atoms with Crippen molar-refractivity contribution in [2.45, 2.75) is 36.9 Å². The van der Waals surface area contributed by atoms with Crippen LogP contribution in [0.2, 0.25) is 0 Å². The van der Waals surface area contributed by atoms with E-state index in [1.54, 1.807) is 0 Å². The minimum atomic E-state index is 0.0952. The lowest BCUT2D eigenvalue weighted by molar-refractivity contribution is 0.282. The molecule has 128 valence electrons. The Morgan fingerprint density at radius 1 is 1.20 bits per heavy atom. The number of pyridine rings is 1. The molecule has 0 aliphatic carbocycles. The fourth-order valence-electron chi connectivity index (χ4n) is 3.73. The molecule has 1 aromatic heterocycles. The number of rotatable bonds is 3. The van der Waals surface area contributed by atoms with Crippen LogP contribution in [0.5, 0.6) is 0 Å². The number of anilines is 1.